The van der Waals surface area contributed by atoms with Crippen LogP contribution in [-0.4, -0.2) is 51.8 Å². The Morgan fingerprint density at radius 3 is 2.15 bits per heavy atom. The summed E-state index contributed by atoms with van der Waals surface area (Å²) in [4.78, 5) is 16.4. The van der Waals surface area contributed by atoms with E-state index in [9.17, 15) is 4.79 Å². The highest BCUT2D eigenvalue weighted by Gasteiger charge is 2.20. The van der Waals surface area contributed by atoms with Crippen molar-refractivity contribution in [1.29, 1.82) is 0 Å². The Balaban J connectivity index is 1.33. The number of hydrogen-bond acceptors (Lipinski definition) is 4. The van der Waals surface area contributed by atoms with Gasteiger partial charge in [-0.25, -0.2) is 0 Å². The Labute approximate surface area is 158 Å². The first-order valence-corrected chi connectivity index (χ1v) is 9.04. The smallest absolute Gasteiger partial charge is 0.246 e. The second-order valence-corrected chi connectivity index (χ2v) is 6.40. The first-order valence-electron chi connectivity index (χ1n) is 9.04. The average molecular weight is 359 g/mol. The largest absolute Gasteiger partial charge is 0.352 e. The number of amides is 1. The maximum Gasteiger partial charge on any atom is 0.246 e. The fourth-order valence-electron chi connectivity index (χ4n) is 3.10. The van der Waals surface area contributed by atoms with Crippen molar-refractivity contribution >= 4 is 17.8 Å². The fourth-order valence-corrected chi connectivity index (χ4v) is 3.10. The molecule has 0 N–H and O–H groups in total. The van der Waals surface area contributed by atoms with Gasteiger partial charge in [0.2, 0.25) is 5.91 Å². The van der Waals surface area contributed by atoms with E-state index in [1.807, 2.05) is 82.5 Å². The van der Waals surface area contributed by atoms with Crippen LogP contribution in [-0.2, 0) is 4.79 Å². The molecular formula is C21H21N5O. The van der Waals surface area contributed by atoms with Gasteiger partial charge in [0.1, 0.15) is 0 Å². The van der Waals surface area contributed by atoms with E-state index in [4.69, 9.17) is 0 Å². The molecule has 27 heavy (non-hydrogen) atoms. The number of carbonyl (C=O) groups is 1. The molecule has 2 aromatic heterocycles. The zero-order chi connectivity index (χ0) is 18.5. The Morgan fingerprint density at radius 2 is 1.48 bits per heavy atom. The summed E-state index contributed by atoms with van der Waals surface area (Å²) in [6, 6.07) is 17.7. The number of rotatable bonds is 4. The van der Waals surface area contributed by atoms with Crippen LogP contribution in [0, 0.1) is 0 Å². The summed E-state index contributed by atoms with van der Waals surface area (Å²) in [6.45, 7) is 2.86. The quantitative estimate of drug-likeness (QED) is 0.672. The van der Waals surface area contributed by atoms with Crippen LogP contribution >= 0.6 is 0 Å². The second kappa shape index (κ2) is 7.86. The van der Waals surface area contributed by atoms with Crippen molar-refractivity contribution in [3.63, 3.8) is 0 Å². The van der Waals surface area contributed by atoms with Gasteiger partial charge in [0.25, 0.3) is 0 Å². The van der Waals surface area contributed by atoms with Crippen molar-refractivity contribution in [2.24, 2.45) is 0 Å². The molecule has 1 fully saturated rings. The molecule has 3 heterocycles. The molecule has 4 rings (SSSR count). The normalized spacial score (nSPS) is 14.7. The zero-order valence-corrected chi connectivity index (χ0v) is 15.0. The third-order valence-corrected chi connectivity index (χ3v) is 4.64. The molecule has 6 heteroatoms. The van der Waals surface area contributed by atoms with Crippen molar-refractivity contribution in [1.82, 2.24) is 19.7 Å². The number of benzene rings is 1. The molecule has 0 unspecified atom stereocenters. The molecule has 0 bridgehead atoms. The Bertz CT molecular complexity index is 896. The summed E-state index contributed by atoms with van der Waals surface area (Å²) in [7, 11) is 0. The topological polar surface area (TPSA) is 54.3 Å². The third-order valence-electron chi connectivity index (χ3n) is 4.64. The SMILES string of the molecule is O=C(C=Cc1ccccc1)N1CCN(c2ccc(-n3cccc3)nn2)CC1. The summed E-state index contributed by atoms with van der Waals surface area (Å²) >= 11 is 0. The number of anilines is 1. The lowest BCUT2D eigenvalue weighted by Gasteiger charge is -2.34. The molecule has 6 nitrogen and oxygen atoms in total. The van der Waals surface area contributed by atoms with Crippen molar-refractivity contribution in [3.05, 3.63) is 78.6 Å². The van der Waals surface area contributed by atoms with E-state index in [-0.39, 0.29) is 5.91 Å². The molecular weight excluding hydrogens is 338 g/mol. The van der Waals surface area contributed by atoms with Gasteiger partial charge in [0.05, 0.1) is 0 Å². The highest BCUT2D eigenvalue weighted by Crippen LogP contribution is 2.15. The highest BCUT2D eigenvalue weighted by molar-refractivity contribution is 5.91. The summed E-state index contributed by atoms with van der Waals surface area (Å²) in [5.74, 6) is 1.69. The van der Waals surface area contributed by atoms with Crippen LogP contribution in [0.4, 0.5) is 5.82 Å². The van der Waals surface area contributed by atoms with Gasteiger partial charge in [0.15, 0.2) is 11.6 Å². The fraction of sp³-hybridized carbons (Fsp3) is 0.190. The van der Waals surface area contributed by atoms with Crippen molar-refractivity contribution in [2.45, 2.75) is 0 Å². The molecule has 0 spiro atoms. The van der Waals surface area contributed by atoms with Crippen molar-refractivity contribution < 1.29 is 4.79 Å². The number of nitrogens with zero attached hydrogens (tertiary/aromatic N) is 5. The zero-order valence-electron chi connectivity index (χ0n) is 15.0. The van der Waals surface area contributed by atoms with Gasteiger partial charge in [-0.3, -0.25) is 4.79 Å². The lowest BCUT2D eigenvalue weighted by Crippen LogP contribution is -2.48. The Kier molecular flexibility index (Phi) is 4.96. The van der Waals surface area contributed by atoms with Crippen LogP contribution < -0.4 is 4.90 Å². The minimum absolute atomic E-state index is 0.0487. The standard InChI is InChI=1S/C21H21N5O/c27-21(11-8-18-6-2-1-3-7-18)26-16-14-25(15-17-26)20-10-9-19(22-23-20)24-12-4-5-13-24/h1-13H,14-17H2. The molecule has 0 aliphatic carbocycles. The average Bonchev–Trinajstić information content (AvgIpc) is 3.28. The van der Waals surface area contributed by atoms with E-state index in [1.54, 1.807) is 6.08 Å². The van der Waals surface area contributed by atoms with Crippen LogP contribution in [0.25, 0.3) is 11.9 Å². The summed E-state index contributed by atoms with van der Waals surface area (Å²) in [5, 5.41) is 8.63. The Hall–Kier alpha value is -3.41. The molecule has 1 aliphatic heterocycles. The van der Waals surface area contributed by atoms with Crippen LogP contribution in [0.15, 0.2) is 73.1 Å². The van der Waals surface area contributed by atoms with Crippen molar-refractivity contribution in [2.75, 3.05) is 31.1 Å². The highest BCUT2D eigenvalue weighted by atomic mass is 16.2. The van der Waals surface area contributed by atoms with E-state index in [0.29, 0.717) is 13.1 Å². The van der Waals surface area contributed by atoms with Gasteiger partial charge in [0, 0.05) is 44.6 Å². The molecule has 136 valence electrons. The lowest BCUT2D eigenvalue weighted by molar-refractivity contribution is -0.126. The first-order chi connectivity index (χ1) is 13.3. The van der Waals surface area contributed by atoms with E-state index in [2.05, 4.69) is 15.1 Å². The minimum Gasteiger partial charge on any atom is -0.352 e. The lowest BCUT2D eigenvalue weighted by atomic mass is 10.2. The van der Waals surface area contributed by atoms with Gasteiger partial charge in [-0.1, -0.05) is 30.3 Å². The van der Waals surface area contributed by atoms with Gasteiger partial charge < -0.3 is 14.4 Å². The Morgan fingerprint density at radius 1 is 0.815 bits per heavy atom. The maximum absolute atomic E-state index is 12.4. The molecule has 0 radical (unpaired) electrons. The molecule has 1 aromatic carbocycles. The summed E-state index contributed by atoms with van der Waals surface area (Å²) in [5.41, 5.74) is 1.03. The van der Waals surface area contributed by atoms with E-state index in [0.717, 1.165) is 30.3 Å². The number of piperazine rings is 1. The van der Waals surface area contributed by atoms with E-state index in [1.165, 1.54) is 0 Å². The van der Waals surface area contributed by atoms with E-state index < -0.39 is 0 Å². The maximum atomic E-state index is 12.4. The summed E-state index contributed by atoms with van der Waals surface area (Å²) < 4.78 is 1.92. The van der Waals surface area contributed by atoms with Crippen LogP contribution in [0.3, 0.4) is 0 Å². The molecule has 1 amide bonds. The molecule has 0 saturated carbocycles. The predicted octanol–water partition coefficient (Wildman–Crippen LogP) is 2.63. The monoisotopic (exact) mass is 359 g/mol. The van der Waals surface area contributed by atoms with Gasteiger partial charge in [-0.2, -0.15) is 0 Å². The number of carbonyl (C=O) groups excluding carboxylic acids is 1. The van der Waals surface area contributed by atoms with Gasteiger partial charge in [-0.15, -0.1) is 10.2 Å². The third kappa shape index (κ3) is 4.06. The molecule has 3 aromatic rings. The molecule has 1 saturated heterocycles. The number of aromatic nitrogens is 3. The van der Waals surface area contributed by atoms with Crippen LogP contribution in [0.1, 0.15) is 5.56 Å². The summed E-state index contributed by atoms with van der Waals surface area (Å²) in [6.07, 6.45) is 7.39. The van der Waals surface area contributed by atoms with Gasteiger partial charge >= 0.3 is 0 Å². The molecule has 1 aliphatic rings. The number of hydrogen-bond donors (Lipinski definition) is 0. The van der Waals surface area contributed by atoms with Gasteiger partial charge in [-0.05, 0) is 35.9 Å². The second-order valence-electron chi connectivity index (χ2n) is 6.40. The first kappa shape index (κ1) is 17.0. The van der Waals surface area contributed by atoms with Crippen molar-refractivity contribution in [3.8, 4) is 5.82 Å². The molecule has 0 atom stereocenters. The minimum atomic E-state index is 0.0487. The van der Waals surface area contributed by atoms with Crippen LogP contribution in [0.5, 0.6) is 0 Å². The predicted molar refractivity (Wildman–Crippen MR) is 106 cm³/mol. The van der Waals surface area contributed by atoms with Crippen LogP contribution in [0.2, 0.25) is 0 Å². The van der Waals surface area contributed by atoms with E-state index >= 15 is 0 Å².